The summed E-state index contributed by atoms with van der Waals surface area (Å²) >= 11 is 0. The van der Waals surface area contributed by atoms with Crippen LogP contribution in [-0.4, -0.2) is 36.1 Å². The molecule has 2 N–H and O–H groups in total. The van der Waals surface area contributed by atoms with Gasteiger partial charge in [-0.2, -0.15) is 13.2 Å². The second-order valence-electron chi connectivity index (χ2n) is 3.69. The highest BCUT2D eigenvalue weighted by atomic mass is 35.5. The minimum Gasteiger partial charge on any atom is -0.330 e. The van der Waals surface area contributed by atoms with Gasteiger partial charge in [-0.25, -0.2) is 0 Å². The molecule has 0 aromatic rings. The van der Waals surface area contributed by atoms with E-state index in [0.29, 0.717) is 6.42 Å². The van der Waals surface area contributed by atoms with Gasteiger partial charge in [-0.15, -0.1) is 19.0 Å². The molecule has 3 nitrogen and oxygen atoms in total. The maximum absolute atomic E-state index is 12.1. The van der Waals surface area contributed by atoms with Gasteiger partial charge in [0.25, 0.3) is 0 Å². The van der Waals surface area contributed by atoms with E-state index in [4.69, 9.17) is 5.73 Å². The molecule has 102 valence electrons. The molecule has 0 aliphatic carbocycles. The summed E-state index contributed by atoms with van der Waals surface area (Å²) in [5.74, 6) is -0.547. The van der Waals surface area contributed by atoms with Crippen molar-refractivity contribution in [3.05, 3.63) is 12.7 Å². The Morgan fingerprint density at radius 3 is 2.41 bits per heavy atom. The molecule has 0 aliphatic heterocycles. The van der Waals surface area contributed by atoms with Crippen molar-refractivity contribution < 1.29 is 18.0 Å². The number of rotatable bonds is 6. The molecule has 0 spiro atoms. The van der Waals surface area contributed by atoms with E-state index >= 15 is 0 Å². The molecule has 0 fully saturated rings. The molecule has 1 amide bonds. The number of carbonyl (C=O) groups is 1. The Hall–Kier alpha value is -0.750. The molecule has 0 aromatic heterocycles. The van der Waals surface area contributed by atoms with Crippen molar-refractivity contribution in [1.29, 1.82) is 0 Å². The number of nitrogens with two attached hydrogens (primary N) is 1. The van der Waals surface area contributed by atoms with Gasteiger partial charge < -0.3 is 10.6 Å². The van der Waals surface area contributed by atoms with Crippen LogP contribution in [0.5, 0.6) is 0 Å². The van der Waals surface area contributed by atoms with Crippen molar-refractivity contribution in [1.82, 2.24) is 4.90 Å². The van der Waals surface area contributed by atoms with Gasteiger partial charge in [0.1, 0.15) is 6.54 Å². The monoisotopic (exact) mass is 274 g/mol. The minimum absolute atomic E-state index is 0. The van der Waals surface area contributed by atoms with Gasteiger partial charge in [0.05, 0.1) is 0 Å². The van der Waals surface area contributed by atoms with Crippen molar-refractivity contribution >= 4 is 18.3 Å². The number of amides is 1. The molecule has 0 rings (SSSR count). The lowest BCUT2D eigenvalue weighted by atomic mass is 10.2. The average Bonchev–Trinajstić information content (AvgIpc) is 2.11. The van der Waals surface area contributed by atoms with Crippen molar-refractivity contribution in [2.75, 3.05) is 13.1 Å². The van der Waals surface area contributed by atoms with E-state index in [2.05, 4.69) is 6.58 Å². The van der Waals surface area contributed by atoms with Gasteiger partial charge in [0.15, 0.2) is 0 Å². The van der Waals surface area contributed by atoms with Crippen LogP contribution in [-0.2, 0) is 4.79 Å². The lowest BCUT2D eigenvalue weighted by Crippen LogP contribution is -2.39. The van der Waals surface area contributed by atoms with Crippen LogP contribution in [0.15, 0.2) is 12.7 Å². The summed E-state index contributed by atoms with van der Waals surface area (Å²) in [6.07, 6.45) is -2.70. The largest absolute Gasteiger partial charge is 0.406 e. The van der Waals surface area contributed by atoms with Crippen LogP contribution in [0.4, 0.5) is 13.2 Å². The summed E-state index contributed by atoms with van der Waals surface area (Å²) in [6.45, 7) is 3.69. The first kappa shape index (κ1) is 18.6. The predicted molar refractivity (Wildman–Crippen MR) is 63.0 cm³/mol. The molecule has 1 atom stereocenters. The Kier molecular flexibility index (Phi) is 9.15. The molecule has 0 bridgehead atoms. The number of alkyl halides is 3. The SMILES string of the molecule is C=CCN(CC(F)(F)F)C(=O)CCC(C)N.Cl. The van der Waals surface area contributed by atoms with E-state index in [1.54, 1.807) is 6.92 Å². The highest BCUT2D eigenvalue weighted by Crippen LogP contribution is 2.17. The lowest BCUT2D eigenvalue weighted by molar-refractivity contribution is -0.160. The van der Waals surface area contributed by atoms with Crippen molar-refractivity contribution in [3.8, 4) is 0 Å². The van der Waals surface area contributed by atoms with Crippen LogP contribution in [0, 0.1) is 0 Å². The third kappa shape index (κ3) is 10.1. The number of nitrogens with zero attached hydrogens (tertiary/aromatic N) is 1. The molecule has 0 radical (unpaired) electrons. The fraction of sp³-hybridized carbons (Fsp3) is 0.700. The summed E-state index contributed by atoms with van der Waals surface area (Å²) in [4.78, 5) is 12.2. The third-order valence-corrected chi connectivity index (χ3v) is 1.89. The highest BCUT2D eigenvalue weighted by molar-refractivity contribution is 5.85. The van der Waals surface area contributed by atoms with Gasteiger partial charge >= 0.3 is 6.18 Å². The fourth-order valence-corrected chi connectivity index (χ4v) is 1.14. The maximum Gasteiger partial charge on any atom is 0.406 e. The Morgan fingerprint density at radius 1 is 1.53 bits per heavy atom. The summed E-state index contributed by atoms with van der Waals surface area (Å²) < 4.78 is 36.4. The van der Waals surface area contributed by atoms with Crippen LogP contribution in [0.2, 0.25) is 0 Å². The maximum atomic E-state index is 12.1. The number of halogens is 4. The smallest absolute Gasteiger partial charge is 0.330 e. The van der Waals surface area contributed by atoms with Crippen LogP contribution in [0.1, 0.15) is 19.8 Å². The first-order chi connectivity index (χ1) is 7.26. The van der Waals surface area contributed by atoms with Crippen LogP contribution in [0.3, 0.4) is 0 Å². The third-order valence-electron chi connectivity index (χ3n) is 1.89. The summed E-state index contributed by atoms with van der Waals surface area (Å²) in [6, 6.07) is -0.194. The molecule has 17 heavy (non-hydrogen) atoms. The zero-order valence-corrected chi connectivity index (χ0v) is 10.5. The number of hydrogen-bond donors (Lipinski definition) is 1. The van der Waals surface area contributed by atoms with Gasteiger partial charge in [-0.3, -0.25) is 4.79 Å². The van der Waals surface area contributed by atoms with Crippen LogP contribution >= 0.6 is 12.4 Å². The lowest BCUT2D eigenvalue weighted by Gasteiger charge is -2.22. The predicted octanol–water partition coefficient (Wildman–Crippen LogP) is 2.11. The minimum atomic E-state index is -4.38. The van der Waals surface area contributed by atoms with E-state index in [-0.39, 0.29) is 31.4 Å². The zero-order chi connectivity index (χ0) is 12.8. The van der Waals surface area contributed by atoms with E-state index in [1.807, 2.05) is 0 Å². The standard InChI is InChI=1S/C10H17F3N2O.ClH/c1-3-6-15(7-10(11,12)13)9(16)5-4-8(2)14;/h3,8H,1,4-7,14H2,2H3;1H. The molecular weight excluding hydrogens is 257 g/mol. The molecular formula is C10H18ClF3N2O. The van der Waals surface area contributed by atoms with Gasteiger partial charge in [0, 0.05) is 19.0 Å². The van der Waals surface area contributed by atoms with Crippen LogP contribution < -0.4 is 5.73 Å². The van der Waals surface area contributed by atoms with E-state index in [1.165, 1.54) is 6.08 Å². The van der Waals surface area contributed by atoms with Gasteiger partial charge in [0.2, 0.25) is 5.91 Å². The first-order valence-electron chi connectivity index (χ1n) is 4.97. The van der Waals surface area contributed by atoms with Crippen molar-refractivity contribution in [2.45, 2.75) is 32.0 Å². The van der Waals surface area contributed by atoms with Gasteiger partial charge in [-0.1, -0.05) is 6.08 Å². The molecule has 1 unspecified atom stereocenters. The van der Waals surface area contributed by atoms with E-state index in [0.717, 1.165) is 4.90 Å². The Bertz CT molecular complexity index is 244. The number of carbonyl (C=O) groups excluding carboxylic acids is 1. The Morgan fingerprint density at radius 2 is 2.06 bits per heavy atom. The quantitative estimate of drug-likeness (QED) is 0.754. The van der Waals surface area contributed by atoms with Crippen molar-refractivity contribution in [3.63, 3.8) is 0 Å². The fourth-order valence-electron chi connectivity index (χ4n) is 1.14. The molecule has 0 aliphatic rings. The second-order valence-corrected chi connectivity index (χ2v) is 3.69. The average molecular weight is 275 g/mol. The summed E-state index contributed by atoms with van der Waals surface area (Å²) in [7, 11) is 0. The number of hydrogen-bond acceptors (Lipinski definition) is 2. The molecule has 0 saturated carbocycles. The van der Waals surface area contributed by atoms with E-state index < -0.39 is 18.6 Å². The first-order valence-corrected chi connectivity index (χ1v) is 4.97. The summed E-state index contributed by atoms with van der Waals surface area (Å²) in [5, 5.41) is 0. The highest BCUT2D eigenvalue weighted by Gasteiger charge is 2.32. The normalized spacial score (nSPS) is 12.5. The molecule has 7 heteroatoms. The van der Waals surface area contributed by atoms with Crippen molar-refractivity contribution in [2.24, 2.45) is 5.73 Å². The molecule has 0 aromatic carbocycles. The second kappa shape index (κ2) is 8.36. The van der Waals surface area contributed by atoms with Gasteiger partial charge in [-0.05, 0) is 13.3 Å². The van der Waals surface area contributed by atoms with E-state index in [9.17, 15) is 18.0 Å². The Balaban J connectivity index is 0. The zero-order valence-electron chi connectivity index (χ0n) is 9.67. The topological polar surface area (TPSA) is 46.3 Å². The molecule has 0 saturated heterocycles. The van der Waals surface area contributed by atoms with Crippen LogP contribution in [0.25, 0.3) is 0 Å². The Labute approximate surface area is 105 Å². The summed E-state index contributed by atoms with van der Waals surface area (Å²) in [5.41, 5.74) is 5.43. The molecule has 0 heterocycles.